The van der Waals surface area contributed by atoms with Crippen LogP contribution in [0.2, 0.25) is 0 Å². The topological polar surface area (TPSA) is 35.2 Å². The zero-order valence-corrected chi connectivity index (χ0v) is 7.49. The molecule has 0 fully saturated rings. The molecule has 14 heavy (non-hydrogen) atoms. The van der Waals surface area contributed by atoms with Gasteiger partial charge in [0.05, 0.1) is 6.04 Å². The van der Waals surface area contributed by atoms with E-state index in [1.54, 1.807) is 0 Å². The molecule has 0 bridgehead atoms. The maximum atomic E-state index is 11.6. The number of rotatable bonds is 4. The van der Waals surface area contributed by atoms with Crippen LogP contribution in [0.5, 0.6) is 0 Å². The summed E-state index contributed by atoms with van der Waals surface area (Å²) < 4.78 is 27.7. The molecule has 0 aliphatic carbocycles. The summed E-state index contributed by atoms with van der Waals surface area (Å²) in [6, 6.07) is 8.79. The smallest absolute Gasteiger partial charge is 0.304 e. The maximum absolute atomic E-state index is 11.6. The number of hydrogen-bond donors (Lipinski definition) is 1. The minimum Gasteiger partial charge on any atom is -0.494 e. The quantitative estimate of drug-likeness (QED) is 0.756. The van der Waals surface area contributed by atoms with Crippen molar-refractivity contribution in [1.29, 1.82) is 0 Å². The Hall–Kier alpha value is -1.42. The second-order valence-corrected chi connectivity index (χ2v) is 2.76. The van der Waals surface area contributed by atoms with Crippen LogP contribution in [-0.2, 0) is 4.74 Å². The van der Waals surface area contributed by atoms with Crippen molar-refractivity contribution in [3.63, 3.8) is 0 Å². The van der Waals surface area contributed by atoms with E-state index in [4.69, 9.17) is 5.73 Å². The van der Waals surface area contributed by atoms with E-state index >= 15 is 0 Å². The first-order chi connectivity index (χ1) is 6.70. The lowest BCUT2D eigenvalue weighted by atomic mass is 10.1. The first-order valence-electron chi connectivity index (χ1n) is 4.13. The highest BCUT2D eigenvalue weighted by Gasteiger charge is 2.04. The Morgan fingerprint density at radius 2 is 2.00 bits per heavy atom. The van der Waals surface area contributed by atoms with Crippen LogP contribution in [-0.4, -0.2) is 6.61 Å². The maximum Gasteiger partial charge on any atom is 0.304 e. The van der Waals surface area contributed by atoms with Crippen molar-refractivity contribution in [2.45, 2.75) is 6.04 Å². The molecule has 0 aliphatic rings. The Morgan fingerprint density at radius 1 is 1.36 bits per heavy atom. The third kappa shape index (κ3) is 3.53. The van der Waals surface area contributed by atoms with Gasteiger partial charge in [0, 0.05) is 0 Å². The van der Waals surface area contributed by atoms with Gasteiger partial charge in [0.15, 0.2) is 0 Å². The van der Waals surface area contributed by atoms with Crippen molar-refractivity contribution in [3.05, 3.63) is 48.2 Å². The van der Waals surface area contributed by atoms with Crippen molar-refractivity contribution in [3.8, 4) is 0 Å². The third-order valence-corrected chi connectivity index (χ3v) is 1.68. The summed E-state index contributed by atoms with van der Waals surface area (Å²) in [4.78, 5) is 0. The van der Waals surface area contributed by atoms with Crippen LogP contribution in [0, 0.1) is 0 Å². The molecule has 0 radical (unpaired) electrons. The molecule has 76 valence electrons. The van der Waals surface area contributed by atoms with E-state index < -0.39 is 6.08 Å². The predicted molar refractivity (Wildman–Crippen MR) is 49.6 cm³/mol. The van der Waals surface area contributed by atoms with E-state index in [0.29, 0.717) is 6.26 Å². The summed E-state index contributed by atoms with van der Waals surface area (Å²) >= 11 is 0. The van der Waals surface area contributed by atoms with Crippen molar-refractivity contribution in [1.82, 2.24) is 0 Å². The summed E-state index contributed by atoms with van der Waals surface area (Å²) in [6.07, 6.45) is -1.45. The lowest BCUT2D eigenvalue weighted by Crippen LogP contribution is -2.15. The summed E-state index contributed by atoms with van der Waals surface area (Å²) in [5.74, 6) is 0. The molecular formula is C10H11F2NO. The number of halogens is 2. The van der Waals surface area contributed by atoms with Gasteiger partial charge in [-0.1, -0.05) is 30.3 Å². The Morgan fingerprint density at radius 3 is 2.57 bits per heavy atom. The zero-order chi connectivity index (χ0) is 10.4. The fraction of sp³-hybridized carbons (Fsp3) is 0.200. The van der Waals surface area contributed by atoms with Gasteiger partial charge in [0.2, 0.25) is 0 Å². The first kappa shape index (κ1) is 10.7. The van der Waals surface area contributed by atoms with Gasteiger partial charge in [-0.2, -0.15) is 8.78 Å². The minimum absolute atomic E-state index is 0.0430. The first-order valence-corrected chi connectivity index (χ1v) is 4.13. The van der Waals surface area contributed by atoms with Gasteiger partial charge in [-0.15, -0.1) is 0 Å². The van der Waals surface area contributed by atoms with Crippen LogP contribution in [0.4, 0.5) is 8.78 Å². The number of hydrogen-bond acceptors (Lipinski definition) is 2. The van der Waals surface area contributed by atoms with Crippen LogP contribution in [0.15, 0.2) is 42.7 Å². The molecule has 2 N–H and O–H groups in total. The van der Waals surface area contributed by atoms with Crippen LogP contribution < -0.4 is 5.73 Å². The molecule has 0 saturated carbocycles. The molecular weight excluding hydrogens is 188 g/mol. The Kier molecular flexibility index (Phi) is 4.07. The Balaban J connectivity index is 2.43. The van der Waals surface area contributed by atoms with E-state index in [-0.39, 0.29) is 12.6 Å². The lowest BCUT2D eigenvalue weighted by molar-refractivity contribution is 0.207. The van der Waals surface area contributed by atoms with E-state index in [1.165, 1.54) is 0 Å². The summed E-state index contributed by atoms with van der Waals surface area (Å²) in [7, 11) is 0. The van der Waals surface area contributed by atoms with E-state index in [9.17, 15) is 8.78 Å². The fourth-order valence-corrected chi connectivity index (χ4v) is 1.01. The minimum atomic E-state index is -1.86. The summed E-state index contributed by atoms with van der Waals surface area (Å²) in [6.45, 7) is 0.0430. The highest BCUT2D eigenvalue weighted by molar-refractivity contribution is 5.18. The highest BCUT2D eigenvalue weighted by Crippen LogP contribution is 2.10. The molecule has 0 aromatic heterocycles. The van der Waals surface area contributed by atoms with Gasteiger partial charge in [-0.3, -0.25) is 0 Å². The van der Waals surface area contributed by atoms with Gasteiger partial charge in [0.25, 0.3) is 0 Å². The number of nitrogens with two attached hydrogens (primary N) is 1. The van der Waals surface area contributed by atoms with Crippen molar-refractivity contribution in [2.24, 2.45) is 5.73 Å². The molecule has 2 nitrogen and oxygen atoms in total. The largest absolute Gasteiger partial charge is 0.494 e. The molecule has 4 heteroatoms. The van der Waals surface area contributed by atoms with E-state index in [2.05, 4.69) is 4.74 Å². The number of benzene rings is 1. The van der Waals surface area contributed by atoms with Gasteiger partial charge < -0.3 is 10.5 Å². The average Bonchev–Trinajstić information content (AvgIpc) is 2.18. The summed E-state index contributed by atoms with van der Waals surface area (Å²) in [5, 5.41) is 0. The van der Waals surface area contributed by atoms with Crippen LogP contribution in [0.3, 0.4) is 0 Å². The normalized spacial score (nSPS) is 11.9. The van der Waals surface area contributed by atoms with Gasteiger partial charge in [0.1, 0.15) is 12.9 Å². The van der Waals surface area contributed by atoms with Crippen LogP contribution in [0.1, 0.15) is 11.6 Å². The highest BCUT2D eigenvalue weighted by atomic mass is 19.3. The van der Waals surface area contributed by atoms with Gasteiger partial charge in [-0.25, -0.2) is 0 Å². The van der Waals surface area contributed by atoms with Crippen molar-refractivity contribution >= 4 is 0 Å². The zero-order valence-electron chi connectivity index (χ0n) is 7.49. The molecule has 1 aromatic carbocycles. The lowest BCUT2D eigenvalue weighted by Gasteiger charge is -2.10. The van der Waals surface area contributed by atoms with E-state index in [1.807, 2.05) is 30.3 Å². The molecule has 0 amide bonds. The van der Waals surface area contributed by atoms with Crippen molar-refractivity contribution in [2.75, 3.05) is 6.61 Å². The van der Waals surface area contributed by atoms with Gasteiger partial charge >= 0.3 is 6.08 Å². The van der Waals surface area contributed by atoms with Crippen LogP contribution in [0.25, 0.3) is 0 Å². The standard InChI is InChI=1S/C10H11F2NO/c11-10(12)7-14-6-9(13)8-4-2-1-3-5-8/h1-5,7,9H,6,13H2/t9-/m0/s1. The molecule has 0 spiro atoms. The molecule has 1 atom stereocenters. The molecule has 0 heterocycles. The molecule has 1 aromatic rings. The SMILES string of the molecule is N[C@@H](COC=C(F)F)c1ccccc1. The summed E-state index contributed by atoms with van der Waals surface area (Å²) in [5.41, 5.74) is 6.54. The molecule has 0 saturated heterocycles. The molecule has 0 aliphatic heterocycles. The van der Waals surface area contributed by atoms with Crippen molar-refractivity contribution < 1.29 is 13.5 Å². The number of ether oxygens (including phenoxy) is 1. The molecule has 1 rings (SSSR count). The van der Waals surface area contributed by atoms with E-state index in [0.717, 1.165) is 5.56 Å². The Bertz CT molecular complexity index is 296. The average molecular weight is 199 g/mol. The van der Waals surface area contributed by atoms with Gasteiger partial charge in [-0.05, 0) is 5.56 Å². The second kappa shape index (κ2) is 5.34. The monoisotopic (exact) mass is 199 g/mol. The second-order valence-electron chi connectivity index (χ2n) is 2.76. The predicted octanol–water partition coefficient (Wildman–Crippen LogP) is 2.44. The molecule has 0 unspecified atom stereocenters. The van der Waals surface area contributed by atoms with Crippen LogP contribution >= 0.6 is 0 Å². The Labute approximate surface area is 81.0 Å². The third-order valence-electron chi connectivity index (χ3n) is 1.68. The fourth-order valence-electron chi connectivity index (χ4n) is 1.01.